The van der Waals surface area contributed by atoms with Gasteiger partial charge in [0.05, 0.1) is 0 Å². The van der Waals surface area contributed by atoms with Crippen molar-refractivity contribution in [3.05, 3.63) is 0 Å². The van der Waals surface area contributed by atoms with Gasteiger partial charge >= 0.3 is 12.3 Å². The third-order valence-electron chi connectivity index (χ3n) is 9.98. The van der Waals surface area contributed by atoms with Crippen LogP contribution in [0.4, 0.5) is 9.59 Å². The van der Waals surface area contributed by atoms with Crippen molar-refractivity contribution in [3.8, 4) is 0 Å². The Morgan fingerprint density at radius 3 is 1.44 bits per heavy atom. The van der Waals surface area contributed by atoms with Gasteiger partial charge in [-0.1, -0.05) is 0 Å². The topological polar surface area (TPSA) is 117 Å². The number of carbonyl (C=O) groups is 2. The molecule has 32 heavy (non-hydrogen) atoms. The average Bonchev–Trinajstić information content (AvgIpc) is 3.40. The molecule has 0 aromatic heterocycles. The van der Waals surface area contributed by atoms with Gasteiger partial charge in [0, 0.05) is 13.1 Å². The van der Waals surface area contributed by atoms with E-state index in [1.54, 1.807) is 0 Å². The summed E-state index contributed by atoms with van der Waals surface area (Å²) >= 11 is 0. The van der Waals surface area contributed by atoms with Crippen LogP contribution in [0.3, 0.4) is 0 Å². The van der Waals surface area contributed by atoms with E-state index in [-0.39, 0.29) is 12.2 Å². The molecule has 2 saturated heterocycles. The number of fused-ring (bicyclic) bond motifs is 4. The molecule has 4 N–H and O–H groups in total. The minimum atomic E-state index is -1.10. The third-order valence-corrected chi connectivity index (χ3v) is 9.98. The largest absolute Gasteiger partial charge is 0.506 e. The fraction of sp³-hybridized carbons (Fsp3) is 0.917. The summed E-state index contributed by atoms with van der Waals surface area (Å²) in [5, 5.41) is 24.4. The van der Waals surface area contributed by atoms with Gasteiger partial charge in [0.1, 0.15) is 12.2 Å². The van der Waals surface area contributed by atoms with Gasteiger partial charge < -0.3 is 30.3 Å². The lowest BCUT2D eigenvalue weighted by Crippen LogP contribution is -2.50. The van der Waals surface area contributed by atoms with Crippen molar-refractivity contribution in [1.82, 2.24) is 10.6 Å². The van der Waals surface area contributed by atoms with Crippen molar-refractivity contribution < 1.29 is 29.3 Å². The minimum absolute atomic E-state index is 0.0255. The Morgan fingerprint density at radius 2 is 1.16 bits per heavy atom. The molecule has 0 aromatic rings. The fourth-order valence-corrected chi connectivity index (χ4v) is 8.46. The van der Waals surface area contributed by atoms with Crippen molar-refractivity contribution in [2.24, 2.45) is 34.5 Å². The van der Waals surface area contributed by atoms with E-state index in [0.29, 0.717) is 34.5 Å². The lowest BCUT2D eigenvalue weighted by Gasteiger charge is -2.52. The monoisotopic (exact) mass is 450 g/mol. The molecule has 8 atom stereocenters. The highest BCUT2D eigenvalue weighted by Crippen LogP contribution is 2.57. The van der Waals surface area contributed by atoms with Gasteiger partial charge in [-0.05, 0) is 112 Å². The molecule has 8 aliphatic rings. The summed E-state index contributed by atoms with van der Waals surface area (Å²) in [7, 11) is 0. The molecule has 0 aromatic carbocycles. The Labute approximate surface area is 189 Å². The van der Waals surface area contributed by atoms with Gasteiger partial charge in [0.25, 0.3) is 0 Å². The van der Waals surface area contributed by atoms with E-state index in [1.807, 2.05) is 0 Å². The fourth-order valence-electron chi connectivity index (χ4n) is 8.46. The van der Waals surface area contributed by atoms with Crippen molar-refractivity contribution in [3.63, 3.8) is 0 Å². The first kappa shape index (κ1) is 22.3. The normalized spacial score (nSPS) is 46.1. The average molecular weight is 451 g/mol. The van der Waals surface area contributed by atoms with Crippen LogP contribution in [0, 0.1) is 34.5 Å². The van der Waals surface area contributed by atoms with E-state index in [4.69, 9.17) is 19.7 Å². The van der Waals surface area contributed by atoms with Gasteiger partial charge in [-0.2, -0.15) is 0 Å². The molecule has 8 unspecified atom stereocenters. The second-order valence-corrected chi connectivity index (χ2v) is 11.4. The lowest BCUT2D eigenvalue weighted by atomic mass is 9.54. The third kappa shape index (κ3) is 4.09. The van der Waals surface area contributed by atoms with Crippen LogP contribution in [-0.2, 0) is 9.47 Å². The van der Waals surface area contributed by atoms with E-state index in [9.17, 15) is 9.59 Å². The summed E-state index contributed by atoms with van der Waals surface area (Å²) in [6.07, 6.45) is 9.40. The standard InChI is InChI=1S/2C12H19NO3/c2*14-11(15)16-10-5-9-2-1-8(10)6-12(9)3-4-13-7-12/h2*8-10,13H,1-7H2,(H,14,15). The SMILES string of the molecule is O=C(O)OC1CC2CCC1CC21CCNC1.O=C(O)OC1CC2CCC1CC21CCNC1. The number of carboxylic acid groups (broad SMARTS) is 2. The Kier molecular flexibility index (Phi) is 6.03. The highest BCUT2D eigenvalue weighted by Gasteiger charge is 2.54. The zero-order chi connectivity index (χ0) is 22.3. The summed E-state index contributed by atoms with van der Waals surface area (Å²) in [4.78, 5) is 21.2. The second kappa shape index (κ2) is 8.67. The van der Waals surface area contributed by atoms with Gasteiger partial charge in [-0.25, -0.2) is 9.59 Å². The first-order valence-electron chi connectivity index (χ1n) is 12.6. The molecular weight excluding hydrogens is 412 g/mol. The maximum Gasteiger partial charge on any atom is 0.506 e. The maximum absolute atomic E-state index is 10.6. The van der Waals surface area contributed by atoms with Crippen molar-refractivity contribution in [2.75, 3.05) is 26.2 Å². The molecule has 0 amide bonds. The van der Waals surface area contributed by atoms with Gasteiger partial charge in [-0.3, -0.25) is 0 Å². The first-order valence-corrected chi connectivity index (χ1v) is 12.6. The summed E-state index contributed by atoms with van der Waals surface area (Å²) in [6.45, 7) is 4.53. The molecule has 2 aliphatic heterocycles. The number of hydrogen-bond donors (Lipinski definition) is 4. The molecular formula is C24H38N2O6. The molecule has 4 bridgehead atoms. The van der Waals surface area contributed by atoms with Crippen LogP contribution < -0.4 is 10.6 Å². The van der Waals surface area contributed by atoms with Gasteiger partial charge in [0.15, 0.2) is 0 Å². The Morgan fingerprint density at radius 1 is 0.719 bits per heavy atom. The number of nitrogens with one attached hydrogen (secondary N) is 2. The zero-order valence-corrected chi connectivity index (χ0v) is 18.9. The van der Waals surface area contributed by atoms with E-state index in [1.165, 1.54) is 38.5 Å². The lowest BCUT2D eigenvalue weighted by molar-refractivity contribution is -0.0877. The van der Waals surface area contributed by atoms with Gasteiger partial charge in [0.2, 0.25) is 0 Å². The van der Waals surface area contributed by atoms with Crippen LogP contribution in [0.15, 0.2) is 0 Å². The van der Waals surface area contributed by atoms with E-state index in [2.05, 4.69) is 10.6 Å². The second-order valence-electron chi connectivity index (χ2n) is 11.4. The predicted molar refractivity (Wildman–Crippen MR) is 117 cm³/mol. The quantitative estimate of drug-likeness (QED) is 0.471. The number of hydrogen-bond acceptors (Lipinski definition) is 6. The van der Waals surface area contributed by atoms with Crippen molar-refractivity contribution in [2.45, 2.75) is 76.4 Å². The van der Waals surface area contributed by atoms with Crippen LogP contribution >= 0.6 is 0 Å². The van der Waals surface area contributed by atoms with Crippen LogP contribution in [0.2, 0.25) is 0 Å². The number of ether oxygens (including phenoxy) is 2. The molecule has 6 aliphatic carbocycles. The summed E-state index contributed by atoms with van der Waals surface area (Å²) in [5.41, 5.74) is 0.947. The Balaban J connectivity index is 0.000000135. The Hall–Kier alpha value is -1.54. The summed E-state index contributed by atoms with van der Waals surface area (Å²) in [5.74, 6) is 2.30. The van der Waals surface area contributed by atoms with Crippen LogP contribution in [0.25, 0.3) is 0 Å². The molecule has 8 rings (SSSR count). The van der Waals surface area contributed by atoms with E-state index in [0.717, 1.165) is 51.9 Å². The number of rotatable bonds is 2. The molecule has 6 saturated carbocycles. The smallest absolute Gasteiger partial charge is 0.450 e. The van der Waals surface area contributed by atoms with E-state index < -0.39 is 12.3 Å². The molecule has 2 heterocycles. The molecule has 8 heteroatoms. The summed E-state index contributed by atoms with van der Waals surface area (Å²) in [6, 6.07) is 0. The maximum atomic E-state index is 10.6. The highest BCUT2D eigenvalue weighted by molar-refractivity contribution is 5.57. The minimum Gasteiger partial charge on any atom is -0.450 e. The van der Waals surface area contributed by atoms with E-state index >= 15 is 0 Å². The first-order chi connectivity index (χ1) is 15.4. The molecule has 180 valence electrons. The summed E-state index contributed by atoms with van der Waals surface area (Å²) < 4.78 is 10.0. The zero-order valence-electron chi connectivity index (χ0n) is 18.9. The highest BCUT2D eigenvalue weighted by atomic mass is 16.7. The Bertz CT molecular complexity index is 657. The molecule has 8 nitrogen and oxygen atoms in total. The van der Waals surface area contributed by atoms with Gasteiger partial charge in [-0.15, -0.1) is 0 Å². The van der Waals surface area contributed by atoms with Crippen LogP contribution in [0.1, 0.15) is 64.2 Å². The molecule has 0 radical (unpaired) electrons. The molecule has 8 fully saturated rings. The van der Waals surface area contributed by atoms with Crippen LogP contribution in [-0.4, -0.2) is 60.9 Å². The molecule has 2 spiro atoms. The van der Waals surface area contributed by atoms with Crippen molar-refractivity contribution in [1.29, 1.82) is 0 Å². The van der Waals surface area contributed by atoms with Crippen molar-refractivity contribution >= 4 is 12.3 Å². The van der Waals surface area contributed by atoms with Crippen LogP contribution in [0.5, 0.6) is 0 Å². The predicted octanol–water partition coefficient (Wildman–Crippen LogP) is 3.70.